The molecule has 9 heteroatoms. The van der Waals surface area contributed by atoms with Crippen LogP contribution in [0.5, 0.6) is 0 Å². The summed E-state index contributed by atoms with van der Waals surface area (Å²) < 4.78 is 15.4. The highest BCUT2D eigenvalue weighted by molar-refractivity contribution is 5.94. The van der Waals surface area contributed by atoms with E-state index in [0.717, 1.165) is 22.5 Å². The molecule has 0 bridgehead atoms. The van der Waals surface area contributed by atoms with Crippen molar-refractivity contribution in [3.8, 4) is 28.3 Å². The van der Waals surface area contributed by atoms with E-state index in [1.165, 1.54) is 18.2 Å². The monoisotopic (exact) mass is 503 g/mol. The molecule has 0 radical (unpaired) electrons. The second kappa shape index (κ2) is 9.62. The molecule has 0 aliphatic carbocycles. The Balaban J connectivity index is 1.37. The summed E-state index contributed by atoms with van der Waals surface area (Å²) in [5.41, 5.74) is 12.1. The maximum absolute atomic E-state index is 13.5. The summed E-state index contributed by atoms with van der Waals surface area (Å²) in [6.07, 6.45) is 5.38. The number of pyridine rings is 2. The van der Waals surface area contributed by atoms with E-state index in [-0.39, 0.29) is 11.5 Å². The Hall–Kier alpha value is -5.31. The molecular weight excluding hydrogens is 481 g/mol. The first kappa shape index (κ1) is 23.1. The van der Waals surface area contributed by atoms with Crippen LogP contribution in [0.25, 0.3) is 39.5 Å². The lowest BCUT2D eigenvalue weighted by Crippen LogP contribution is -2.22. The van der Waals surface area contributed by atoms with Gasteiger partial charge in [-0.15, -0.1) is 0 Å². The number of benzene rings is 2. The molecule has 1 amide bonds. The highest BCUT2D eigenvalue weighted by Gasteiger charge is 2.19. The van der Waals surface area contributed by atoms with Crippen LogP contribution in [0.4, 0.5) is 10.2 Å². The predicted octanol–water partition coefficient (Wildman–Crippen LogP) is 5.13. The maximum Gasteiger partial charge on any atom is 0.251 e. The first-order valence-corrected chi connectivity index (χ1v) is 11.9. The van der Waals surface area contributed by atoms with Crippen molar-refractivity contribution >= 4 is 22.9 Å². The third kappa shape index (κ3) is 4.37. The topological polar surface area (TPSA) is 115 Å². The Morgan fingerprint density at radius 1 is 1.00 bits per heavy atom. The quantitative estimate of drug-likeness (QED) is 0.292. The molecule has 0 spiro atoms. The number of hydrogen-bond acceptors (Lipinski definition) is 5. The number of nitrogens with one attached hydrogen (secondary N) is 2. The number of nitrogen functional groups attached to an aromatic ring is 1. The van der Waals surface area contributed by atoms with Crippen LogP contribution in [-0.4, -0.2) is 30.4 Å². The number of nitrogens with zero attached hydrogens (tertiary/aromatic N) is 4. The van der Waals surface area contributed by atoms with Crippen molar-refractivity contribution in [2.24, 2.45) is 0 Å². The number of aromatic nitrogens is 5. The summed E-state index contributed by atoms with van der Waals surface area (Å²) in [4.78, 5) is 29.5. The number of imidazole rings is 1. The first-order chi connectivity index (χ1) is 18.6. The van der Waals surface area contributed by atoms with Crippen LogP contribution in [0.15, 0.2) is 97.5 Å². The van der Waals surface area contributed by atoms with Gasteiger partial charge in [-0.25, -0.2) is 19.3 Å². The molecule has 0 unspecified atom stereocenters. The fraction of sp³-hybridized carbons (Fsp3) is 0.0345. The number of H-pyrrole nitrogens is 1. The Morgan fingerprint density at radius 3 is 2.63 bits per heavy atom. The number of anilines is 1. The van der Waals surface area contributed by atoms with E-state index in [9.17, 15) is 9.18 Å². The third-order valence-corrected chi connectivity index (χ3v) is 6.21. The number of amides is 1. The van der Waals surface area contributed by atoms with E-state index < -0.39 is 5.82 Å². The molecule has 4 N–H and O–H groups in total. The van der Waals surface area contributed by atoms with Crippen LogP contribution < -0.4 is 11.1 Å². The smallest absolute Gasteiger partial charge is 0.251 e. The Kier molecular flexibility index (Phi) is 5.85. The third-order valence-electron chi connectivity index (χ3n) is 6.21. The molecule has 2 aromatic carbocycles. The second-order valence-electron chi connectivity index (χ2n) is 8.71. The maximum atomic E-state index is 13.5. The standard InChI is InChI=1S/C29H22FN7O/c30-21-4-1-3-19(15-21)29(38)34-16-18-6-8-22(9-7-18)37-27(23-5-2-13-33-26(23)31)36-25-11-10-24(35-28(25)37)20-12-14-32-17-20/h1-15,17,32H,16H2,(H2,31,33)(H,34,38). The van der Waals surface area contributed by atoms with Crippen molar-refractivity contribution in [1.82, 2.24) is 29.8 Å². The van der Waals surface area contributed by atoms with Gasteiger partial charge >= 0.3 is 0 Å². The van der Waals surface area contributed by atoms with Crippen molar-refractivity contribution in [3.05, 3.63) is 114 Å². The number of fused-ring (bicyclic) bond motifs is 1. The summed E-state index contributed by atoms with van der Waals surface area (Å²) in [5, 5.41) is 2.83. The van der Waals surface area contributed by atoms with E-state index >= 15 is 0 Å². The minimum atomic E-state index is -0.451. The SMILES string of the molecule is Nc1ncccc1-c1nc2ccc(-c3cc[nH]c3)nc2n1-c1ccc(CNC(=O)c2cccc(F)c2)cc1. The van der Waals surface area contributed by atoms with Crippen LogP contribution in [0.3, 0.4) is 0 Å². The molecule has 0 aliphatic heterocycles. The van der Waals surface area contributed by atoms with E-state index in [1.54, 1.807) is 12.3 Å². The normalized spacial score (nSPS) is 11.1. The minimum Gasteiger partial charge on any atom is -0.383 e. The van der Waals surface area contributed by atoms with Gasteiger partial charge in [0.25, 0.3) is 5.91 Å². The fourth-order valence-corrected chi connectivity index (χ4v) is 4.31. The average molecular weight is 504 g/mol. The first-order valence-electron chi connectivity index (χ1n) is 11.9. The van der Waals surface area contributed by atoms with E-state index in [4.69, 9.17) is 15.7 Å². The molecule has 8 nitrogen and oxygen atoms in total. The Bertz CT molecular complexity index is 1760. The number of rotatable bonds is 6. The zero-order valence-corrected chi connectivity index (χ0v) is 20.1. The van der Waals surface area contributed by atoms with Gasteiger partial charge in [-0.3, -0.25) is 9.36 Å². The zero-order valence-electron chi connectivity index (χ0n) is 20.1. The largest absolute Gasteiger partial charge is 0.383 e. The molecule has 0 saturated carbocycles. The predicted molar refractivity (Wildman–Crippen MR) is 144 cm³/mol. The van der Waals surface area contributed by atoms with Gasteiger partial charge in [0.1, 0.15) is 17.2 Å². The van der Waals surface area contributed by atoms with Crippen LogP contribution in [0.2, 0.25) is 0 Å². The Labute approximate surface area is 217 Å². The van der Waals surface area contributed by atoms with Crippen molar-refractivity contribution < 1.29 is 9.18 Å². The summed E-state index contributed by atoms with van der Waals surface area (Å²) in [7, 11) is 0. The van der Waals surface area contributed by atoms with Crippen LogP contribution in [0.1, 0.15) is 15.9 Å². The molecule has 0 aliphatic rings. The lowest BCUT2D eigenvalue weighted by molar-refractivity contribution is 0.0950. The molecular formula is C29H22FN7O. The molecule has 0 atom stereocenters. The van der Waals surface area contributed by atoms with Gasteiger partial charge in [0.2, 0.25) is 0 Å². The number of hydrogen-bond donors (Lipinski definition) is 3. The molecule has 4 heterocycles. The average Bonchev–Trinajstić information content (AvgIpc) is 3.60. The minimum absolute atomic E-state index is 0.273. The molecule has 38 heavy (non-hydrogen) atoms. The van der Waals surface area contributed by atoms with Crippen molar-refractivity contribution in [2.75, 3.05) is 5.73 Å². The van der Waals surface area contributed by atoms with Crippen LogP contribution >= 0.6 is 0 Å². The van der Waals surface area contributed by atoms with Gasteiger partial charge in [-0.1, -0.05) is 18.2 Å². The van der Waals surface area contributed by atoms with E-state index in [0.29, 0.717) is 34.9 Å². The number of nitrogens with two attached hydrogens (primary N) is 1. The number of carbonyl (C=O) groups excluding carboxylic acids is 1. The summed E-state index contributed by atoms with van der Waals surface area (Å²) in [6, 6.07) is 22.8. The van der Waals surface area contributed by atoms with Gasteiger partial charge < -0.3 is 16.0 Å². The van der Waals surface area contributed by atoms with Crippen molar-refractivity contribution in [1.29, 1.82) is 0 Å². The number of halogens is 1. The van der Waals surface area contributed by atoms with E-state index in [2.05, 4.69) is 15.3 Å². The zero-order chi connectivity index (χ0) is 26.1. The summed E-state index contributed by atoms with van der Waals surface area (Å²) in [6.45, 7) is 0.290. The summed E-state index contributed by atoms with van der Waals surface area (Å²) in [5.74, 6) is 0.195. The molecule has 6 rings (SSSR count). The van der Waals surface area contributed by atoms with Crippen molar-refractivity contribution in [3.63, 3.8) is 0 Å². The molecule has 4 aromatic heterocycles. The lowest BCUT2D eigenvalue weighted by atomic mass is 10.1. The lowest BCUT2D eigenvalue weighted by Gasteiger charge is -2.12. The number of aromatic amines is 1. The number of carbonyl (C=O) groups is 1. The molecule has 0 saturated heterocycles. The van der Waals surface area contributed by atoms with Crippen LogP contribution in [-0.2, 0) is 6.54 Å². The fourth-order valence-electron chi connectivity index (χ4n) is 4.31. The Morgan fingerprint density at radius 2 is 1.87 bits per heavy atom. The highest BCUT2D eigenvalue weighted by Crippen LogP contribution is 2.31. The molecule has 6 aromatic rings. The van der Waals surface area contributed by atoms with Gasteiger partial charge in [-0.2, -0.15) is 0 Å². The summed E-state index contributed by atoms with van der Waals surface area (Å²) >= 11 is 0. The molecule has 186 valence electrons. The van der Waals surface area contributed by atoms with Crippen LogP contribution in [0, 0.1) is 5.82 Å². The van der Waals surface area contributed by atoms with Crippen molar-refractivity contribution in [2.45, 2.75) is 6.54 Å². The highest BCUT2D eigenvalue weighted by atomic mass is 19.1. The van der Waals surface area contributed by atoms with Gasteiger partial charge in [-0.05, 0) is 66.2 Å². The second-order valence-corrected chi connectivity index (χ2v) is 8.71. The molecule has 0 fully saturated rings. The van der Waals surface area contributed by atoms with E-state index in [1.807, 2.05) is 71.6 Å². The van der Waals surface area contributed by atoms with Gasteiger partial charge in [0.05, 0.1) is 11.3 Å². The van der Waals surface area contributed by atoms with Gasteiger partial charge in [0, 0.05) is 41.9 Å². The van der Waals surface area contributed by atoms with Gasteiger partial charge in [0.15, 0.2) is 11.5 Å².